The van der Waals surface area contributed by atoms with Crippen LogP contribution in [0, 0.1) is 6.92 Å². The quantitative estimate of drug-likeness (QED) is 0.701. The van der Waals surface area contributed by atoms with Crippen molar-refractivity contribution in [1.82, 2.24) is 0 Å². The van der Waals surface area contributed by atoms with Crippen molar-refractivity contribution in [2.75, 3.05) is 0 Å². The third kappa shape index (κ3) is 3.54. The van der Waals surface area contributed by atoms with Gasteiger partial charge in [-0.15, -0.1) is 0 Å². The lowest BCUT2D eigenvalue weighted by molar-refractivity contribution is 0.0973. The van der Waals surface area contributed by atoms with Gasteiger partial charge in [0.05, 0.1) is 0 Å². The molecule has 0 heterocycles. The number of ketones is 1. The van der Waals surface area contributed by atoms with Crippen molar-refractivity contribution in [2.45, 2.75) is 32.6 Å². The van der Waals surface area contributed by atoms with Gasteiger partial charge in [-0.1, -0.05) is 67.1 Å². The van der Waals surface area contributed by atoms with E-state index >= 15 is 0 Å². The van der Waals surface area contributed by atoms with Crippen molar-refractivity contribution in [3.8, 4) is 0 Å². The molecule has 0 spiro atoms. The van der Waals surface area contributed by atoms with Crippen LogP contribution in [0.1, 0.15) is 47.2 Å². The number of carbonyl (C=O) groups excluding carboxylic acids is 1. The first kappa shape index (κ1) is 13.5. The summed E-state index contributed by atoms with van der Waals surface area (Å²) < 4.78 is 0. The Morgan fingerprint density at radius 1 is 1.00 bits per heavy atom. The first-order chi connectivity index (χ1) is 9.20. The first-order valence-electron chi connectivity index (χ1n) is 6.85. The van der Waals surface area contributed by atoms with E-state index in [0.717, 1.165) is 12.0 Å². The van der Waals surface area contributed by atoms with Gasteiger partial charge in [0.2, 0.25) is 0 Å². The van der Waals surface area contributed by atoms with E-state index in [2.05, 4.69) is 19.1 Å². The minimum absolute atomic E-state index is 0.232. The highest BCUT2D eigenvalue weighted by Gasteiger charge is 2.15. The SMILES string of the molecule is CCC(CC(=O)c1ccc(C)cc1)c1ccccc1. The Labute approximate surface area is 115 Å². The largest absolute Gasteiger partial charge is 0.294 e. The van der Waals surface area contributed by atoms with Crippen molar-refractivity contribution in [1.29, 1.82) is 0 Å². The number of hydrogen-bond donors (Lipinski definition) is 0. The number of Topliss-reactive ketones (excluding diaryl/α,β-unsaturated/α-hetero) is 1. The molecule has 2 aromatic carbocycles. The second-order valence-corrected chi connectivity index (χ2v) is 5.01. The van der Waals surface area contributed by atoms with Crippen LogP contribution in [0.25, 0.3) is 0 Å². The molecular weight excluding hydrogens is 232 g/mol. The third-order valence-electron chi connectivity index (χ3n) is 3.57. The standard InChI is InChI=1S/C18H20O/c1-3-15(16-7-5-4-6-8-16)13-18(19)17-11-9-14(2)10-12-17/h4-12,15H,3,13H2,1-2H3. The molecule has 0 saturated heterocycles. The summed E-state index contributed by atoms with van der Waals surface area (Å²) in [6.45, 7) is 4.17. The lowest BCUT2D eigenvalue weighted by Gasteiger charge is -2.14. The summed E-state index contributed by atoms with van der Waals surface area (Å²) in [4.78, 5) is 12.3. The number of carbonyl (C=O) groups is 1. The van der Waals surface area contributed by atoms with Crippen LogP contribution in [0.4, 0.5) is 0 Å². The molecule has 0 bridgehead atoms. The van der Waals surface area contributed by atoms with E-state index in [0.29, 0.717) is 12.3 Å². The molecule has 0 fully saturated rings. The van der Waals surface area contributed by atoms with E-state index in [-0.39, 0.29) is 5.78 Å². The molecule has 0 saturated carbocycles. The second kappa shape index (κ2) is 6.33. The van der Waals surface area contributed by atoms with E-state index in [1.54, 1.807) is 0 Å². The van der Waals surface area contributed by atoms with Crippen molar-refractivity contribution in [2.24, 2.45) is 0 Å². The van der Waals surface area contributed by atoms with Gasteiger partial charge < -0.3 is 0 Å². The monoisotopic (exact) mass is 252 g/mol. The van der Waals surface area contributed by atoms with Gasteiger partial charge in [-0.05, 0) is 24.8 Å². The fraction of sp³-hybridized carbons (Fsp3) is 0.278. The Morgan fingerprint density at radius 3 is 2.21 bits per heavy atom. The Bertz CT molecular complexity index is 525. The van der Waals surface area contributed by atoms with Crippen LogP contribution in [-0.4, -0.2) is 5.78 Å². The minimum Gasteiger partial charge on any atom is -0.294 e. The minimum atomic E-state index is 0.232. The Morgan fingerprint density at radius 2 is 1.63 bits per heavy atom. The summed E-state index contributed by atoms with van der Waals surface area (Å²) in [7, 11) is 0. The highest BCUT2D eigenvalue weighted by molar-refractivity contribution is 5.96. The Hall–Kier alpha value is -1.89. The maximum absolute atomic E-state index is 12.3. The molecule has 0 aliphatic carbocycles. The number of rotatable bonds is 5. The summed E-state index contributed by atoms with van der Waals surface area (Å²) >= 11 is 0. The normalized spacial score (nSPS) is 12.1. The van der Waals surface area contributed by atoms with E-state index in [9.17, 15) is 4.79 Å². The van der Waals surface area contributed by atoms with Crippen LogP contribution < -0.4 is 0 Å². The van der Waals surface area contributed by atoms with Gasteiger partial charge in [0.1, 0.15) is 0 Å². The molecule has 2 rings (SSSR count). The fourth-order valence-electron chi connectivity index (χ4n) is 2.30. The van der Waals surface area contributed by atoms with Crippen LogP contribution in [-0.2, 0) is 0 Å². The van der Waals surface area contributed by atoms with E-state index in [1.165, 1.54) is 11.1 Å². The highest BCUT2D eigenvalue weighted by Crippen LogP contribution is 2.24. The van der Waals surface area contributed by atoms with Crippen LogP contribution in [0.3, 0.4) is 0 Å². The van der Waals surface area contributed by atoms with Crippen molar-refractivity contribution in [3.05, 3.63) is 71.3 Å². The lowest BCUT2D eigenvalue weighted by Crippen LogP contribution is -2.07. The zero-order valence-electron chi connectivity index (χ0n) is 11.6. The predicted octanol–water partition coefficient (Wildman–Crippen LogP) is 4.76. The number of hydrogen-bond acceptors (Lipinski definition) is 1. The van der Waals surface area contributed by atoms with Crippen LogP contribution in [0.15, 0.2) is 54.6 Å². The number of benzene rings is 2. The topological polar surface area (TPSA) is 17.1 Å². The molecule has 0 radical (unpaired) electrons. The molecule has 2 aromatic rings. The van der Waals surface area contributed by atoms with Gasteiger partial charge in [-0.25, -0.2) is 0 Å². The molecule has 1 nitrogen and oxygen atoms in total. The van der Waals surface area contributed by atoms with E-state index < -0.39 is 0 Å². The first-order valence-corrected chi connectivity index (χ1v) is 6.85. The summed E-state index contributed by atoms with van der Waals surface area (Å²) in [5.41, 5.74) is 3.26. The number of aryl methyl sites for hydroxylation is 1. The molecule has 1 unspecified atom stereocenters. The lowest BCUT2D eigenvalue weighted by atomic mass is 9.89. The summed E-state index contributed by atoms with van der Waals surface area (Å²) in [5, 5.41) is 0. The smallest absolute Gasteiger partial charge is 0.163 e. The van der Waals surface area contributed by atoms with Crippen LogP contribution >= 0.6 is 0 Å². The summed E-state index contributed by atoms with van der Waals surface area (Å²) in [6.07, 6.45) is 1.57. The van der Waals surface area contributed by atoms with Gasteiger partial charge in [0.25, 0.3) is 0 Å². The van der Waals surface area contributed by atoms with Crippen LogP contribution in [0.2, 0.25) is 0 Å². The van der Waals surface area contributed by atoms with Gasteiger partial charge in [0.15, 0.2) is 5.78 Å². The molecule has 1 atom stereocenters. The van der Waals surface area contributed by atoms with Gasteiger partial charge in [0, 0.05) is 12.0 Å². The summed E-state index contributed by atoms with van der Waals surface area (Å²) in [6, 6.07) is 18.1. The fourth-order valence-corrected chi connectivity index (χ4v) is 2.30. The molecule has 0 aliphatic heterocycles. The average molecular weight is 252 g/mol. The Balaban J connectivity index is 2.10. The maximum Gasteiger partial charge on any atom is 0.163 e. The van der Waals surface area contributed by atoms with Crippen LogP contribution in [0.5, 0.6) is 0 Å². The molecule has 0 amide bonds. The molecule has 0 aliphatic rings. The third-order valence-corrected chi connectivity index (χ3v) is 3.57. The molecule has 0 aromatic heterocycles. The van der Waals surface area contributed by atoms with Crippen molar-refractivity contribution in [3.63, 3.8) is 0 Å². The van der Waals surface area contributed by atoms with Gasteiger partial charge in [-0.2, -0.15) is 0 Å². The predicted molar refractivity (Wildman–Crippen MR) is 79.6 cm³/mol. The van der Waals surface area contributed by atoms with Gasteiger partial charge >= 0.3 is 0 Å². The summed E-state index contributed by atoms with van der Waals surface area (Å²) in [5.74, 6) is 0.547. The maximum atomic E-state index is 12.3. The molecule has 98 valence electrons. The molecule has 1 heteroatoms. The van der Waals surface area contributed by atoms with E-state index in [1.807, 2.05) is 49.4 Å². The zero-order chi connectivity index (χ0) is 13.7. The van der Waals surface area contributed by atoms with Crippen molar-refractivity contribution < 1.29 is 4.79 Å². The van der Waals surface area contributed by atoms with Crippen molar-refractivity contribution >= 4 is 5.78 Å². The molecule has 0 N–H and O–H groups in total. The van der Waals surface area contributed by atoms with E-state index in [4.69, 9.17) is 0 Å². The molecule has 19 heavy (non-hydrogen) atoms. The average Bonchev–Trinajstić information content (AvgIpc) is 2.46. The zero-order valence-corrected chi connectivity index (χ0v) is 11.6. The Kier molecular flexibility index (Phi) is 4.51. The highest BCUT2D eigenvalue weighted by atomic mass is 16.1. The van der Waals surface area contributed by atoms with Gasteiger partial charge in [-0.3, -0.25) is 4.79 Å². The second-order valence-electron chi connectivity index (χ2n) is 5.01. The molecular formula is C18H20O.